The summed E-state index contributed by atoms with van der Waals surface area (Å²) in [5.41, 5.74) is 1.86. The van der Waals surface area contributed by atoms with Gasteiger partial charge in [0, 0.05) is 13.0 Å². The highest BCUT2D eigenvalue weighted by Crippen LogP contribution is 2.07. The molecule has 1 aromatic heterocycles. The highest BCUT2D eigenvalue weighted by Gasteiger charge is 2.05. The summed E-state index contributed by atoms with van der Waals surface area (Å²) >= 11 is 0. The van der Waals surface area contributed by atoms with E-state index in [9.17, 15) is 4.79 Å². The molecule has 0 saturated carbocycles. The van der Waals surface area contributed by atoms with E-state index < -0.39 is 0 Å². The molecule has 106 valence electrons. The van der Waals surface area contributed by atoms with Crippen LogP contribution in [0.4, 0.5) is 5.69 Å². The normalized spacial score (nSPS) is 10.4. The van der Waals surface area contributed by atoms with Crippen LogP contribution in [-0.2, 0) is 22.7 Å². The minimum Gasteiger partial charge on any atom is -0.360 e. The summed E-state index contributed by atoms with van der Waals surface area (Å²) < 4.78 is 6.88. The predicted octanol–water partition coefficient (Wildman–Crippen LogP) is 2.45. The molecule has 0 saturated heterocycles. The predicted molar refractivity (Wildman–Crippen MR) is 77.2 cm³/mol. The topological polar surface area (TPSA) is 56.1 Å². The second kappa shape index (κ2) is 7.45. The number of anilines is 1. The molecule has 0 spiro atoms. The molecular formula is C15H19N3O2. The van der Waals surface area contributed by atoms with Crippen molar-refractivity contribution in [1.82, 2.24) is 9.78 Å². The Morgan fingerprint density at radius 1 is 1.35 bits per heavy atom. The van der Waals surface area contributed by atoms with E-state index in [1.807, 2.05) is 37.3 Å². The van der Waals surface area contributed by atoms with E-state index in [0.29, 0.717) is 25.4 Å². The fourth-order valence-electron chi connectivity index (χ4n) is 1.81. The molecule has 5 heteroatoms. The minimum atomic E-state index is -0.00943. The Morgan fingerprint density at radius 2 is 2.15 bits per heavy atom. The van der Waals surface area contributed by atoms with E-state index in [0.717, 1.165) is 12.0 Å². The summed E-state index contributed by atoms with van der Waals surface area (Å²) in [7, 11) is 0. The molecule has 1 amide bonds. The lowest BCUT2D eigenvalue weighted by molar-refractivity contribution is -0.116. The summed E-state index contributed by atoms with van der Waals surface area (Å²) in [4.78, 5) is 11.8. The molecule has 0 atom stereocenters. The van der Waals surface area contributed by atoms with Gasteiger partial charge in [0.1, 0.15) is 6.73 Å². The SMILES string of the molecule is CCOCn1cc(NC(=O)CCc2ccccc2)cn1. The zero-order chi connectivity index (χ0) is 14.2. The number of nitrogens with one attached hydrogen (secondary N) is 1. The summed E-state index contributed by atoms with van der Waals surface area (Å²) in [5, 5.41) is 6.93. The molecule has 1 aromatic carbocycles. The number of benzene rings is 1. The summed E-state index contributed by atoms with van der Waals surface area (Å²) in [6, 6.07) is 9.97. The quantitative estimate of drug-likeness (QED) is 0.843. The van der Waals surface area contributed by atoms with Gasteiger partial charge < -0.3 is 10.1 Å². The van der Waals surface area contributed by atoms with Gasteiger partial charge >= 0.3 is 0 Å². The Labute approximate surface area is 118 Å². The Bertz CT molecular complexity index is 537. The molecule has 2 rings (SSSR count). The van der Waals surface area contributed by atoms with Crippen molar-refractivity contribution in [2.75, 3.05) is 11.9 Å². The fraction of sp³-hybridized carbons (Fsp3) is 0.333. The average molecular weight is 273 g/mol. The largest absolute Gasteiger partial charge is 0.360 e. The van der Waals surface area contributed by atoms with Crippen LogP contribution in [0.3, 0.4) is 0 Å². The minimum absolute atomic E-state index is 0.00943. The van der Waals surface area contributed by atoms with Gasteiger partial charge in [-0.15, -0.1) is 0 Å². The van der Waals surface area contributed by atoms with Gasteiger partial charge in [0.2, 0.25) is 5.91 Å². The van der Waals surface area contributed by atoms with Gasteiger partial charge in [0.25, 0.3) is 0 Å². The fourth-order valence-corrected chi connectivity index (χ4v) is 1.81. The maximum Gasteiger partial charge on any atom is 0.224 e. The van der Waals surface area contributed by atoms with Gasteiger partial charge in [0.15, 0.2) is 0 Å². The number of aryl methyl sites for hydroxylation is 1. The summed E-state index contributed by atoms with van der Waals surface area (Å²) in [6.07, 6.45) is 4.58. The Morgan fingerprint density at radius 3 is 2.90 bits per heavy atom. The van der Waals surface area contributed by atoms with Crippen LogP contribution in [0.15, 0.2) is 42.7 Å². The number of nitrogens with zero attached hydrogens (tertiary/aromatic N) is 2. The third-order valence-corrected chi connectivity index (χ3v) is 2.83. The van der Waals surface area contributed by atoms with E-state index in [4.69, 9.17) is 4.74 Å². The van der Waals surface area contributed by atoms with Crippen LogP contribution in [0.25, 0.3) is 0 Å². The molecule has 0 unspecified atom stereocenters. The first-order chi connectivity index (χ1) is 9.78. The number of ether oxygens (including phenoxy) is 1. The van der Waals surface area contributed by atoms with Crippen LogP contribution in [-0.4, -0.2) is 22.3 Å². The Hall–Kier alpha value is -2.14. The smallest absolute Gasteiger partial charge is 0.224 e. The van der Waals surface area contributed by atoms with Crippen molar-refractivity contribution >= 4 is 11.6 Å². The lowest BCUT2D eigenvalue weighted by Crippen LogP contribution is -2.11. The van der Waals surface area contributed by atoms with Crippen LogP contribution in [0.2, 0.25) is 0 Å². The molecule has 2 aromatic rings. The van der Waals surface area contributed by atoms with E-state index in [2.05, 4.69) is 10.4 Å². The van der Waals surface area contributed by atoms with E-state index in [-0.39, 0.29) is 5.91 Å². The summed E-state index contributed by atoms with van der Waals surface area (Å²) in [5.74, 6) is -0.00943. The maximum absolute atomic E-state index is 11.8. The molecule has 5 nitrogen and oxygen atoms in total. The monoisotopic (exact) mass is 273 g/mol. The van der Waals surface area contributed by atoms with Gasteiger partial charge in [-0.1, -0.05) is 30.3 Å². The number of carbonyl (C=O) groups excluding carboxylic acids is 1. The standard InChI is InChI=1S/C15H19N3O2/c1-2-20-12-18-11-14(10-16-18)17-15(19)9-8-13-6-4-3-5-7-13/h3-7,10-11H,2,8-9,12H2,1H3,(H,17,19). The van der Waals surface area contributed by atoms with Crippen LogP contribution in [0.1, 0.15) is 18.9 Å². The van der Waals surface area contributed by atoms with Gasteiger partial charge in [-0.25, -0.2) is 4.68 Å². The Balaban J connectivity index is 1.78. The van der Waals surface area contributed by atoms with E-state index in [1.54, 1.807) is 17.1 Å². The molecule has 1 heterocycles. The van der Waals surface area contributed by atoms with Crippen LogP contribution < -0.4 is 5.32 Å². The first-order valence-electron chi connectivity index (χ1n) is 6.72. The maximum atomic E-state index is 11.8. The van der Waals surface area contributed by atoms with Crippen molar-refractivity contribution in [3.63, 3.8) is 0 Å². The van der Waals surface area contributed by atoms with Crippen molar-refractivity contribution in [2.45, 2.75) is 26.5 Å². The molecule has 1 N–H and O–H groups in total. The van der Waals surface area contributed by atoms with Crippen molar-refractivity contribution in [3.05, 3.63) is 48.3 Å². The lowest BCUT2D eigenvalue weighted by atomic mass is 10.1. The van der Waals surface area contributed by atoms with Crippen LogP contribution in [0.5, 0.6) is 0 Å². The third kappa shape index (κ3) is 4.51. The van der Waals surface area contributed by atoms with Gasteiger partial charge in [0.05, 0.1) is 18.1 Å². The van der Waals surface area contributed by atoms with Crippen molar-refractivity contribution in [2.24, 2.45) is 0 Å². The van der Waals surface area contributed by atoms with E-state index in [1.165, 1.54) is 0 Å². The molecule has 0 radical (unpaired) electrons. The zero-order valence-electron chi connectivity index (χ0n) is 11.6. The number of aromatic nitrogens is 2. The number of hydrogen-bond donors (Lipinski definition) is 1. The summed E-state index contributed by atoms with van der Waals surface area (Å²) in [6.45, 7) is 2.96. The second-order valence-corrected chi connectivity index (χ2v) is 4.42. The Kier molecular flexibility index (Phi) is 5.32. The van der Waals surface area contributed by atoms with Crippen LogP contribution in [0, 0.1) is 0 Å². The number of hydrogen-bond acceptors (Lipinski definition) is 3. The lowest BCUT2D eigenvalue weighted by Gasteiger charge is -2.03. The zero-order valence-corrected chi connectivity index (χ0v) is 11.6. The first-order valence-corrected chi connectivity index (χ1v) is 6.72. The molecule has 0 bridgehead atoms. The van der Waals surface area contributed by atoms with Crippen molar-refractivity contribution < 1.29 is 9.53 Å². The van der Waals surface area contributed by atoms with Gasteiger partial charge in [-0.2, -0.15) is 5.10 Å². The first kappa shape index (κ1) is 14.3. The van der Waals surface area contributed by atoms with Crippen LogP contribution >= 0.6 is 0 Å². The number of rotatable bonds is 7. The van der Waals surface area contributed by atoms with Gasteiger partial charge in [-0.3, -0.25) is 4.79 Å². The van der Waals surface area contributed by atoms with E-state index >= 15 is 0 Å². The molecule has 0 aliphatic carbocycles. The van der Waals surface area contributed by atoms with Crippen molar-refractivity contribution in [3.8, 4) is 0 Å². The molecule has 0 aliphatic heterocycles. The molecule has 0 fully saturated rings. The van der Waals surface area contributed by atoms with Gasteiger partial charge in [-0.05, 0) is 18.9 Å². The highest BCUT2D eigenvalue weighted by atomic mass is 16.5. The average Bonchev–Trinajstić information content (AvgIpc) is 2.91. The molecule has 20 heavy (non-hydrogen) atoms. The molecular weight excluding hydrogens is 254 g/mol. The van der Waals surface area contributed by atoms with Crippen molar-refractivity contribution in [1.29, 1.82) is 0 Å². The number of carbonyl (C=O) groups is 1. The number of amides is 1. The second-order valence-electron chi connectivity index (χ2n) is 4.42. The highest BCUT2D eigenvalue weighted by molar-refractivity contribution is 5.90. The third-order valence-electron chi connectivity index (χ3n) is 2.83. The molecule has 0 aliphatic rings.